The molecule has 0 unspecified atom stereocenters. The predicted octanol–water partition coefficient (Wildman–Crippen LogP) is 2.82. The molecule has 0 bridgehead atoms. The van der Waals surface area contributed by atoms with Crippen LogP contribution in [0.4, 0.5) is 4.39 Å². The molecule has 1 aliphatic rings. The second-order valence-electron chi connectivity index (χ2n) is 5.68. The number of thiophene rings is 1. The molecule has 1 fully saturated rings. The van der Waals surface area contributed by atoms with Gasteiger partial charge < -0.3 is 14.8 Å². The van der Waals surface area contributed by atoms with Gasteiger partial charge in [-0.15, -0.1) is 11.3 Å². The van der Waals surface area contributed by atoms with Gasteiger partial charge in [0.2, 0.25) is 0 Å². The van der Waals surface area contributed by atoms with E-state index in [4.69, 9.17) is 9.47 Å². The summed E-state index contributed by atoms with van der Waals surface area (Å²) in [6.07, 6.45) is 0.864. The van der Waals surface area contributed by atoms with Crippen molar-refractivity contribution in [3.05, 3.63) is 58.0 Å². The summed E-state index contributed by atoms with van der Waals surface area (Å²) in [4.78, 5) is 24.9. The molecule has 1 N–H and O–H groups in total. The van der Waals surface area contributed by atoms with E-state index >= 15 is 0 Å². The topological polar surface area (TPSA) is 64.6 Å². The van der Waals surface area contributed by atoms with Crippen LogP contribution < -0.4 is 5.32 Å². The molecular formula is C18H18FNO4S. The van der Waals surface area contributed by atoms with E-state index in [1.807, 2.05) is 17.5 Å². The van der Waals surface area contributed by atoms with E-state index in [0.717, 1.165) is 16.9 Å². The van der Waals surface area contributed by atoms with Crippen molar-refractivity contribution in [3.8, 4) is 0 Å². The van der Waals surface area contributed by atoms with Gasteiger partial charge in [0.25, 0.3) is 5.91 Å². The number of esters is 1. The maximum atomic E-state index is 13.2. The lowest BCUT2D eigenvalue weighted by Crippen LogP contribution is -2.34. The first-order valence-electron chi connectivity index (χ1n) is 8.00. The normalized spacial score (nSPS) is 17.9. The van der Waals surface area contributed by atoms with Crippen molar-refractivity contribution in [1.82, 2.24) is 5.32 Å². The summed E-state index contributed by atoms with van der Waals surface area (Å²) in [5.41, 5.74) is 0.752. The molecule has 0 spiro atoms. The smallest absolute Gasteiger partial charge is 0.335 e. The summed E-state index contributed by atoms with van der Waals surface area (Å²) in [6, 6.07) is 9.28. The van der Waals surface area contributed by atoms with Gasteiger partial charge in [-0.2, -0.15) is 0 Å². The summed E-state index contributed by atoms with van der Waals surface area (Å²) in [5.74, 6) is -1.28. The highest BCUT2D eigenvalue weighted by Gasteiger charge is 2.26. The van der Waals surface area contributed by atoms with Crippen molar-refractivity contribution in [1.29, 1.82) is 0 Å². The van der Waals surface area contributed by atoms with Gasteiger partial charge in [0.05, 0.1) is 6.04 Å². The molecular weight excluding hydrogens is 345 g/mol. The Hall–Kier alpha value is -2.25. The number of carbonyl (C=O) groups excluding carboxylic acids is 2. The first-order valence-corrected chi connectivity index (χ1v) is 8.88. The lowest BCUT2D eigenvalue weighted by atomic mass is 10.1. The number of nitrogens with one attached hydrogen (secondary N) is 1. The summed E-state index contributed by atoms with van der Waals surface area (Å²) in [6.45, 7) is 0.165. The SMILES string of the molecule is O=C(COC(=O)[C@@H]1CCCO1)N[C@@H](c1ccc(F)cc1)c1cccs1. The Morgan fingerprint density at radius 1 is 1.32 bits per heavy atom. The number of hydrogen-bond acceptors (Lipinski definition) is 5. The van der Waals surface area contributed by atoms with Crippen molar-refractivity contribution in [2.24, 2.45) is 0 Å². The summed E-state index contributed by atoms with van der Waals surface area (Å²) < 4.78 is 23.4. The third-order valence-corrected chi connectivity index (χ3v) is 4.81. The van der Waals surface area contributed by atoms with Crippen LogP contribution in [0.15, 0.2) is 41.8 Å². The van der Waals surface area contributed by atoms with E-state index in [-0.39, 0.29) is 12.4 Å². The lowest BCUT2D eigenvalue weighted by Gasteiger charge is -2.18. The zero-order valence-corrected chi connectivity index (χ0v) is 14.3. The summed E-state index contributed by atoms with van der Waals surface area (Å²) in [7, 11) is 0. The van der Waals surface area contributed by atoms with Crippen LogP contribution in [0.2, 0.25) is 0 Å². The zero-order chi connectivity index (χ0) is 17.6. The molecule has 3 rings (SSSR count). The number of amides is 1. The minimum atomic E-state index is -0.571. The minimum Gasteiger partial charge on any atom is -0.454 e. The molecule has 1 amide bonds. The van der Waals surface area contributed by atoms with Gasteiger partial charge in [0.1, 0.15) is 5.82 Å². The van der Waals surface area contributed by atoms with Crippen molar-refractivity contribution < 1.29 is 23.5 Å². The molecule has 1 saturated heterocycles. The Balaban J connectivity index is 1.62. The fourth-order valence-corrected chi connectivity index (χ4v) is 3.43. The van der Waals surface area contributed by atoms with Crippen molar-refractivity contribution in [2.75, 3.05) is 13.2 Å². The summed E-state index contributed by atoms with van der Waals surface area (Å²) >= 11 is 1.48. The number of rotatable bonds is 6. The highest BCUT2D eigenvalue weighted by Crippen LogP contribution is 2.26. The van der Waals surface area contributed by atoms with Gasteiger partial charge >= 0.3 is 5.97 Å². The fraction of sp³-hybridized carbons (Fsp3) is 0.333. The van der Waals surface area contributed by atoms with Crippen LogP contribution in [0.3, 0.4) is 0 Å². The van der Waals surface area contributed by atoms with Gasteiger partial charge in [0, 0.05) is 11.5 Å². The molecule has 1 aromatic heterocycles. The lowest BCUT2D eigenvalue weighted by molar-refractivity contribution is -0.157. The van der Waals surface area contributed by atoms with Gasteiger partial charge in [-0.1, -0.05) is 18.2 Å². The Morgan fingerprint density at radius 3 is 2.76 bits per heavy atom. The van der Waals surface area contributed by atoms with E-state index in [9.17, 15) is 14.0 Å². The van der Waals surface area contributed by atoms with Crippen LogP contribution >= 0.6 is 11.3 Å². The van der Waals surface area contributed by atoms with E-state index in [1.165, 1.54) is 23.5 Å². The Kier molecular flexibility index (Phi) is 5.78. The molecule has 0 radical (unpaired) electrons. The summed E-state index contributed by atoms with van der Waals surface area (Å²) in [5, 5.41) is 4.73. The first kappa shape index (κ1) is 17.6. The third kappa shape index (κ3) is 4.64. The van der Waals surface area contributed by atoms with Gasteiger partial charge in [0.15, 0.2) is 12.7 Å². The van der Waals surface area contributed by atoms with Crippen LogP contribution in [0.5, 0.6) is 0 Å². The molecule has 132 valence electrons. The largest absolute Gasteiger partial charge is 0.454 e. The second-order valence-corrected chi connectivity index (χ2v) is 6.66. The fourth-order valence-electron chi connectivity index (χ4n) is 2.63. The average molecular weight is 363 g/mol. The maximum Gasteiger partial charge on any atom is 0.335 e. The number of benzene rings is 1. The monoisotopic (exact) mass is 363 g/mol. The van der Waals surface area contributed by atoms with Crippen LogP contribution in [-0.2, 0) is 19.1 Å². The molecule has 2 atom stereocenters. The molecule has 0 saturated carbocycles. The Labute approximate surface area is 148 Å². The number of hydrogen-bond donors (Lipinski definition) is 1. The van der Waals surface area contributed by atoms with Crippen molar-refractivity contribution >= 4 is 23.2 Å². The van der Waals surface area contributed by atoms with Crippen LogP contribution in [-0.4, -0.2) is 31.2 Å². The standard InChI is InChI=1S/C18H18FNO4S/c19-13-7-5-12(6-8-13)17(15-4-2-10-25-15)20-16(21)11-24-18(22)14-3-1-9-23-14/h2,4-8,10,14,17H,1,3,9,11H2,(H,20,21)/t14-,17-/m0/s1. The van der Waals surface area contributed by atoms with Crippen molar-refractivity contribution in [2.45, 2.75) is 25.0 Å². The molecule has 0 aliphatic carbocycles. The highest BCUT2D eigenvalue weighted by atomic mass is 32.1. The van der Waals surface area contributed by atoms with Gasteiger partial charge in [-0.05, 0) is 42.0 Å². The van der Waals surface area contributed by atoms with E-state index in [1.54, 1.807) is 12.1 Å². The van der Waals surface area contributed by atoms with E-state index in [2.05, 4.69) is 5.32 Å². The molecule has 7 heteroatoms. The van der Waals surface area contributed by atoms with E-state index < -0.39 is 24.0 Å². The second kappa shape index (κ2) is 8.22. The molecule has 5 nitrogen and oxygen atoms in total. The number of carbonyl (C=O) groups is 2. The van der Waals surface area contributed by atoms with Crippen LogP contribution in [0.25, 0.3) is 0 Å². The molecule has 2 aromatic rings. The minimum absolute atomic E-state index is 0.342. The van der Waals surface area contributed by atoms with Gasteiger partial charge in [-0.25, -0.2) is 9.18 Å². The van der Waals surface area contributed by atoms with Crippen LogP contribution in [0.1, 0.15) is 29.3 Å². The first-order chi connectivity index (χ1) is 12.1. The third-order valence-electron chi connectivity index (χ3n) is 3.87. The molecule has 1 aromatic carbocycles. The average Bonchev–Trinajstić information content (AvgIpc) is 3.31. The molecule has 2 heterocycles. The van der Waals surface area contributed by atoms with Gasteiger partial charge in [-0.3, -0.25) is 4.79 Å². The molecule has 1 aliphatic heterocycles. The Bertz CT molecular complexity index is 711. The number of ether oxygens (including phenoxy) is 2. The molecule has 25 heavy (non-hydrogen) atoms. The number of halogens is 1. The quantitative estimate of drug-likeness (QED) is 0.802. The van der Waals surface area contributed by atoms with Crippen molar-refractivity contribution in [3.63, 3.8) is 0 Å². The predicted molar refractivity (Wildman–Crippen MR) is 90.6 cm³/mol. The Morgan fingerprint density at radius 2 is 2.12 bits per heavy atom. The highest BCUT2D eigenvalue weighted by molar-refractivity contribution is 7.10. The maximum absolute atomic E-state index is 13.2. The van der Waals surface area contributed by atoms with E-state index in [0.29, 0.717) is 13.0 Å². The van der Waals surface area contributed by atoms with Crippen LogP contribution in [0, 0.1) is 5.82 Å². The zero-order valence-electron chi connectivity index (χ0n) is 13.4.